The molecule has 2 atom stereocenters. The lowest BCUT2D eigenvalue weighted by Crippen LogP contribution is -2.12. The minimum Gasteiger partial charge on any atom is -0.302 e. The molecule has 0 aliphatic rings. The fraction of sp³-hybridized carbons (Fsp3) is 1.00. The molecule has 29 heavy (non-hydrogen) atoms. The zero-order valence-corrected chi connectivity index (χ0v) is 20.9. The maximum Gasteiger partial charge on any atom is 0.472 e. The van der Waals surface area contributed by atoms with E-state index in [2.05, 4.69) is 13.8 Å². The standard InChI is InChI=1S/C24H51O4P/c1-5-7-9-11-13-15-17-19-21-23(3)27-29(25,26)28-24(4)22-20-18-16-14-12-10-8-6-2/h23-24H,5-22H2,1-4H3,(H,25,26). The Balaban J connectivity index is 3.69. The van der Waals surface area contributed by atoms with Crippen LogP contribution >= 0.6 is 7.82 Å². The molecule has 0 saturated heterocycles. The van der Waals surface area contributed by atoms with Crippen molar-refractivity contribution in [1.82, 2.24) is 0 Å². The molecule has 1 N–H and O–H groups in total. The maximum atomic E-state index is 12.2. The van der Waals surface area contributed by atoms with Crippen molar-refractivity contribution in [2.75, 3.05) is 0 Å². The summed E-state index contributed by atoms with van der Waals surface area (Å²) >= 11 is 0. The molecule has 0 fully saturated rings. The van der Waals surface area contributed by atoms with Crippen LogP contribution in [-0.4, -0.2) is 17.1 Å². The van der Waals surface area contributed by atoms with Crippen molar-refractivity contribution < 1.29 is 18.5 Å². The van der Waals surface area contributed by atoms with Crippen molar-refractivity contribution in [3.63, 3.8) is 0 Å². The molecule has 0 aromatic rings. The van der Waals surface area contributed by atoms with Crippen molar-refractivity contribution >= 4 is 7.82 Å². The largest absolute Gasteiger partial charge is 0.472 e. The second-order valence-electron chi connectivity index (χ2n) is 8.83. The van der Waals surface area contributed by atoms with Crippen molar-refractivity contribution in [3.8, 4) is 0 Å². The highest BCUT2D eigenvalue weighted by Gasteiger charge is 2.26. The van der Waals surface area contributed by atoms with Gasteiger partial charge in [0.2, 0.25) is 0 Å². The van der Waals surface area contributed by atoms with Gasteiger partial charge in [-0.15, -0.1) is 0 Å². The Bertz CT molecular complexity index is 357. The van der Waals surface area contributed by atoms with E-state index in [1.165, 1.54) is 89.9 Å². The molecule has 0 heterocycles. The third-order valence-corrected chi connectivity index (χ3v) is 6.81. The van der Waals surface area contributed by atoms with Gasteiger partial charge in [-0.3, -0.25) is 9.05 Å². The highest BCUT2D eigenvalue weighted by Crippen LogP contribution is 2.47. The monoisotopic (exact) mass is 434 g/mol. The Labute approximate surface area is 182 Å². The molecule has 0 saturated carbocycles. The molecule has 0 aliphatic heterocycles. The Morgan fingerprint density at radius 1 is 0.586 bits per heavy atom. The van der Waals surface area contributed by atoms with Gasteiger partial charge in [0.1, 0.15) is 0 Å². The molecule has 0 rings (SSSR count). The molecule has 4 nitrogen and oxygen atoms in total. The number of hydrogen-bond acceptors (Lipinski definition) is 3. The molecular weight excluding hydrogens is 383 g/mol. The maximum absolute atomic E-state index is 12.2. The minimum atomic E-state index is -3.95. The first-order chi connectivity index (χ1) is 13.9. The summed E-state index contributed by atoms with van der Waals surface area (Å²) in [5.41, 5.74) is 0. The summed E-state index contributed by atoms with van der Waals surface area (Å²) in [4.78, 5) is 10.0. The topological polar surface area (TPSA) is 55.8 Å². The quantitative estimate of drug-likeness (QED) is 0.136. The van der Waals surface area contributed by atoms with E-state index in [9.17, 15) is 9.46 Å². The lowest BCUT2D eigenvalue weighted by Gasteiger charge is -2.21. The Hall–Kier alpha value is 0.110. The fourth-order valence-electron chi connectivity index (χ4n) is 3.72. The van der Waals surface area contributed by atoms with Crippen LogP contribution in [0.5, 0.6) is 0 Å². The normalized spacial score (nSPS) is 15.9. The van der Waals surface area contributed by atoms with E-state index in [1.807, 2.05) is 13.8 Å². The van der Waals surface area contributed by atoms with Gasteiger partial charge < -0.3 is 4.89 Å². The van der Waals surface area contributed by atoms with Crippen LogP contribution in [0.2, 0.25) is 0 Å². The predicted molar refractivity (Wildman–Crippen MR) is 125 cm³/mol. The molecule has 0 radical (unpaired) electrons. The minimum absolute atomic E-state index is 0.235. The first-order valence-electron chi connectivity index (χ1n) is 12.6. The fourth-order valence-corrected chi connectivity index (χ4v) is 4.89. The SMILES string of the molecule is CCCCCCCCCCC(C)OP(=O)(O)OC(C)CCCCCCCCCC. The summed E-state index contributed by atoms with van der Waals surface area (Å²) in [7, 11) is -3.95. The van der Waals surface area contributed by atoms with Crippen molar-refractivity contribution in [2.24, 2.45) is 0 Å². The molecule has 0 aromatic carbocycles. The summed E-state index contributed by atoms with van der Waals surface area (Å²) < 4.78 is 22.9. The van der Waals surface area contributed by atoms with Crippen LogP contribution < -0.4 is 0 Å². The average Bonchev–Trinajstić information content (AvgIpc) is 2.65. The van der Waals surface area contributed by atoms with Gasteiger partial charge >= 0.3 is 7.82 Å². The Kier molecular flexibility index (Phi) is 20.1. The lowest BCUT2D eigenvalue weighted by molar-refractivity contribution is 0.0781. The third kappa shape index (κ3) is 21.1. The van der Waals surface area contributed by atoms with Crippen LogP contribution in [-0.2, 0) is 13.6 Å². The van der Waals surface area contributed by atoms with Crippen LogP contribution in [0.4, 0.5) is 0 Å². The summed E-state index contributed by atoms with van der Waals surface area (Å²) in [6, 6.07) is 0. The zero-order chi connectivity index (χ0) is 21.8. The lowest BCUT2D eigenvalue weighted by atomic mass is 10.1. The summed E-state index contributed by atoms with van der Waals surface area (Å²) in [6.45, 7) is 8.22. The molecule has 0 aliphatic carbocycles. The molecule has 0 bridgehead atoms. The van der Waals surface area contributed by atoms with Crippen molar-refractivity contribution in [2.45, 2.75) is 155 Å². The van der Waals surface area contributed by atoms with E-state index in [0.29, 0.717) is 0 Å². The van der Waals surface area contributed by atoms with Crippen molar-refractivity contribution in [3.05, 3.63) is 0 Å². The number of rotatable bonds is 22. The smallest absolute Gasteiger partial charge is 0.302 e. The van der Waals surface area contributed by atoms with Gasteiger partial charge in [0.25, 0.3) is 0 Å². The third-order valence-electron chi connectivity index (χ3n) is 5.55. The second-order valence-corrected chi connectivity index (χ2v) is 10.2. The zero-order valence-electron chi connectivity index (χ0n) is 20.0. The summed E-state index contributed by atoms with van der Waals surface area (Å²) in [5, 5.41) is 0. The average molecular weight is 435 g/mol. The van der Waals surface area contributed by atoms with Crippen LogP contribution in [0, 0.1) is 0 Å². The van der Waals surface area contributed by atoms with E-state index in [-0.39, 0.29) is 12.2 Å². The van der Waals surface area contributed by atoms with Crippen LogP contribution in [0.15, 0.2) is 0 Å². The number of unbranched alkanes of at least 4 members (excludes halogenated alkanes) is 14. The van der Waals surface area contributed by atoms with Crippen LogP contribution in [0.3, 0.4) is 0 Å². The van der Waals surface area contributed by atoms with E-state index >= 15 is 0 Å². The van der Waals surface area contributed by atoms with Gasteiger partial charge in [0.15, 0.2) is 0 Å². The van der Waals surface area contributed by atoms with Crippen LogP contribution in [0.1, 0.15) is 143 Å². The number of phosphoric ester groups is 1. The first kappa shape index (κ1) is 29.1. The van der Waals surface area contributed by atoms with E-state index < -0.39 is 7.82 Å². The van der Waals surface area contributed by atoms with E-state index in [4.69, 9.17) is 9.05 Å². The Morgan fingerprint density at radius 2 is 0.862 bits per heavy atom. The summed E-state index contributed by atoms with van der Waals surface area (Å²) in [5.74, 6) is 0. The Morgan fingerprint density at radius 3 is 1.17 bits per heavy atom. The first-order valence-corrected chi connectivity index (χ1v) is 14.1. The molecule has 5 heteroatoms. The van der Waals surface area contributed by atoms with Gasteiger partial charge in [-0.05, 0) is 26.7 Å². The van der Waals surface area contributed by atoms with Gasteiger partial charge in [0, 0.05) is 0 Å². The van der Waals surface area contributed by atoms with Gasteiger partial charge in [-0.1, -0.05) is 117 Å². The number of phosphoric acid groups is 1. The number of hydrogen-bond donors (Lipinski definition) is 1. The van der Waals surface area contributed by atoms with Gasteiger partial charge in [-0.2, -0.15) is 0 Å². The predicted octanol–water partition coefficient (Wildman–Crippen LogP) is 8.96. The molecule has 176 valence electrons. The van der Waals surface area contributed by atoms with E-state index in [0.717, 1.165) is 25.7 Å². The molecular formula is C24H51O4P. The van der Waals surface area contributed by atoms with E-state index in [1.54, 1.807) is 0 Å². The highest BCUT2D eigenvalue weighted by molar-refractivity contribution is 7.47. The molecule has 0 spiro atoms. The molecule has 0 amide bonds. The van der Waals surface area contributed by atoms with Gasteiger partial charge in [0.05, 0.1) is 12.2 Å². The summed E-state index contributed by atoms with van der Waals surface area (Å²) in [6.07, 6.45) is 21.3. The second kappa shape index (κ2) is 20.0. The van der Waals surface area contributed by atoms with Crippen LogP contribution in [0.25, 0.3) is 0 Å². The van der Waals surface area contributed by atoms with Gasteiger partial charge in [-0.25, -0.2) is 4.57 Å². The highest BCUT2D eigenvalue weighted by atomic mass is 31.2. The molecule has 2 unspecified atom stereocenters. The van der Waals surface area contributed by atoms with Crippen molar-refractivity contribution in [1.29, 1.82) is 0 Å². The molecule has 0 aromatic heterocycles.